The molecule has 3 heterocycles. The number of aryl methyl sites for hydroxylation is 1. The van der Waals surface area contributed by atoms with Crippen LogP contribution in [0.3, 0.4) is 0 Å². The van der Waals surface area contributed by atoms with E-state index in [1.807, 2.05) is 7.05 Å². The van der Waals surface area contributed by atoms with Crippen molar-refractivity contribution in [1.29, 1.82) is 0 Å². The lowest BCUT2D eigenvalue weighted by Gasteiger charge is -2.37. The molecule has 1 saturated carbocycles. The van der Waals surface area contributed by atoms with E-state index < -0.39 is 0 Å². The van der Waals surface area contributed by atoms with E-state index in [0.717, 1.165) is 44.1 Å². The van der Waals surface area contributed by atoms with E-state index in [4.69, 9.17) is 4.74 Å². The van der Waals surface area contributed by atoms with E-state index in [9.17, 15) is 4.79 Å². The summed E-state index contributed by atoms with van der Waals surface area (Å²) in [5, 5.41) is 12.1. The van der Waals surface area contributed by atoms with Gasteiger partial charge in [0.05, 0.1) is 24.8 Å². The molecular weight excluding hydrogens is 330 g/mol. The lowest BCUT2D eigenvalue weighted by molar-refractivity contribution is -0.134. The van der Waals surface area contributed by atoms with Crippen LogP contribution in [0.2, 0.25) is 0 Å². The summed E-state index contributed by atoms with van der Waals surface area (Å²) in [5.74, 6) is 2.30. The Morgan fingerprint density at radius 1 is 1.38 bits per heavy atom. The van der Waals surface area contributed by atoms with Crippen molar-refractivity contribution in [2.75, 3.05) is 13.7 Å². The zero-order chi connectivity index (χ0) is 18.3. The van der Waals surface area contributed by atoms with Crippen LogP contribution < -0.4 is 5.32 Å². The molecule has 7 heteroatoms. The number of amides is 1. The van der Waals surface area contributed by atoms with Crippen LogP contribution in [0.5, 0.6) is 0 Å². The van der Waals surface area contributed by atoms with Gasteiger partial charge in [-0.2, -0.15) is 0 Å². The highest BCUT2D eigenvalue weighted by molar-refractivity contribution is 5.81. The Bertz CT molecular complexity index is 667. The lowest BCUT2D eigenvalue weighted by atomic mass is 9.77. The number of likely N-dealkylation sites (N-methyl/N-ethyl adjacent to an activating group) is 1. The zero-order valence-corrected chi connectivity index (χ0v) is 16.2. The first-order valence-electron chi connectivity index (χ1n) is 10.0. The number of nitrogens with one attached hydrogen (secondary N) is 1. The van der Waals surface area contributed by atoms with Crippen molar-refractivity contribution in [2.24, 2.45) is 5.92 Å². The molecular formula is C19H31N5O2. The predicted octanol–water partition coefficient (Wildman–Crippen LogP) is 1.51. The van der Waals surface area contributed by atoms with E-state index >= 15 is 0 Å². The third kappa shape index (κ3) is 3.27. The Balaban J connectivity index is 1.38. The van der Waals surface area contributed by atoms with Crippen molar-refractivity contribution in [3.63, 3.8) is 0 Å². The number of carbonyl (C=O) groups is 1. The fourth-order valence-corrected chi connectivity index (χ4v) is 4.53. The van der Waals surface area contributed by atoms with Gasteiger partial charge in [0, 0.05) is 26.1 Å². The van der Waals surface area contributed by atoms with Gasteiger partial charge in [0.15, 0.2) is 5.82 Å². The molecule has 0 radical (unpaired) electrons. The molecule has 2 fully saturated rings. The summed E-state index contributed by atoms with van der Waals surface area (Å²) in [6.45, 7) is 6.41. The number of aromatic nitrogens is 3. The quantitative estimate of drug-likeness (QED) is 0.831. The van der Waals surface area contributed by atoms with Crippen molar-refractivity contribution in [2.45, 2.75) is 83.1 Å². The van der Waals surface area contributed by atoms with Gasteiger partial charge in [-0.1, -0.05) is 13.8 Å². The largest absolute Gasteiger partial charge is 0.373 e. The van der Waals surface area contributed by atoms with Gasteiger partial charge in [0.25, 0.3) is 0 Å². The third-order valence-corrected chi connectivity index (χ3v) is 6.26. The molecule has 4 rings (SSSR count). The number of fused-ring (bicyclic) bond motifs is 1. The highest BCUT2D eigenvalue weighted by atomic mass is 16.5. The molecule has 1 aromatic rings. The Morgan fingerprint density at radius 2 is 2.19 bits per heavy atom. The first-order chi connectivity index (χ1) is 12.5. The lowest BCUT2D eigenvalue weighted by Crippen LogP contribution is -2.52. The van der Waals surface area contributed by atoms with Gasteiger partial charge in [0.1, 0.15) is 5.82 Å². The molecule has 0 bridgehead atoms. The number of hydrogen-bond donors (Lipinski definition) is 1. The minimum absolute atomic E-state index is 0.107. The summed E-state index contributed by atoms with van der Waals surface area (Å²) < 4.78 is 8.20. The molecule has 3 aliphatic rings. The fraction of sp³-hybridized carbons (Fsp3) is 0.842. The van der Waals surface area contributed by atoms with E-state index in [-0.39, 0.29) is 29.5 Å². The minimum Gasteiger partial charge on any atom is -0.373 e. The molecule has 1 amide bonds. The topological polar surface area (TPSA) is 72.3 Å². The number of carbonyl (C=O) groups excluding carboxylic acids is 1. The van der Waals surface area contributed by atoms with Gasteiger partial charge in [0.2, 0.25) is 5.91 Å². The molecule has 1 saturated heterocycles. The smallest absolute Gasteiger partial charge is 0.240 e. The fourth-order valence-electron chi connectivity index (χ4n) is 4.53. The van der Waals surface area contributed by atoms with Crippen molar-refractivity contribution in [3.8, 4) is 0 Å². The normalized spacial score (nSPS) is 24.7. The highest BCUT2D eigenvalue weighted by Crippen LogP contribution is 2.43. The molecule has 7 nitrogen and oxygen atoms in total. The molecule has 1 N–H and O–H groups in total. The van der Waals surface area contributed by atoms with Gasteiger partial charge in [-0.25, -0.2) is 0 Å². The SMILES string of the molecule is CC(C)C(NC1COC2(CCC2)C1)C(=O)N(C)Cc1nnc2n1CCC2. The van der Waals surface area contributed by atoms with Crippen LogP contribution in [0.25, 0.3) is 0 Å². The molecule has 2 atom stereocenters. The molecule has 1 aliphatic carbocycles. The molecule has 0 aromatic carbocycles. The second-order valence-corrected chi connectivity index (χ2v) is 8.62. The summed E-state index contributed by atoms with van der Waals surface area (Å²) in [5.41, 5.74) is 0.107. The Kier molecular flexibility index (Phi) is 4.77. The van der Waals surface area contributed by atoms with Crippen LogP contribution in [-0.4, -0.2) is 56.9 Å². The number of hydrogen-bond acceptors (Lipinski definition) is 5. The van der Waals surface area contributed by atoms with Crippen LogP contribution in [0.4, 0.5) is 0 Å². The van der Waals surface area contributed by atoms with Gasteiger partial charge in [-0.05, 0) is 38.0 Å². The first-order valence-corrected chi connectivity index (χ1v) is 10.0. The Morgan fingerprint density at radius 3 is 2.85 bits per heavy atom. The predicted molar refractivity (Wildman–Crippen MR) is 97.5 cm³/mol. The van der Waals surface area contributed by atoms with Gasteiger partial charge < -0.3 is 19.5 Å². The van der Waals surface area contributed by atoms with E-state index in [2.05, 4.69) is 33.9 Å². The second kappa shape index (κ2) is 6.93. The summed E-state index contributed by atoms with van der Waals surface area (Å²) in [6.07, 6.45) is 6.75. The monoisotopic (exact) mass is 361 g/mol. The summed E-state index contributed by atoms with van der Waals surface area (Å²) in [6, 6.07) is 0.0854. The first kappa shape index (κ1) is 17.9. The average molecular weight is 361 g/mol. The maximum atomic E-state index is 13.1. The maximum absolute atomic E-state index is 13.1. The third-order valence-electron chi connectivity index (χ3n) is 6.26. The number of nitrogens with zero attached hydrogens (tertiary/aromatic N) is 4. The highest BCUT2D eigenvalue weighted by Gasteiger charge is 2.46. The van der Waals surface area contributed by atoms with Crippen LogP contribution in [0.15, 0.2) is 0 Å². The van der Waals surface area contributed by atoms with Crippen LogP contribution in [0.1, 0.15) is 57.6 Å². The number of rotatable bonds is 6. The molecule has 2 aliphatic heterocycles. The molecule has 1 spiro atoms. The van der Waals surface area contributed by atoms with Crippen molar-refractivity contribution in [3.05, 3.63) is 11.6 Å². The van der Waals surface area contributed by atoms with Gasteiger partial charge >= 0.3 is 0 Å². The maximum Gasteiger partial charge on any atom is 0.240 e. The van der Waals surface area contributed by atoms with Crippen molar-refractivity contribution >= 4 is 5.91 Å². The van der Waals surface area contributed by atoms with Crippen LogP contribution >= 0.6 is 0 Å². The molecule has 144 valence electrons. The van der Waals surface area contributed by atoms with Crippen molar-refractivity contribution < 1.29 is 9.53 Å². The average Bonchev–Trinajstić information content (AvgIpc) is 3.27. The van der Waals surface area contributed by atoms with Crippen LogP contribution in [0, 0.1) is 5.92 Å². The Labute approximate surface area is 155 Å². The van der Waals surface area contributed by atoms with E-state index in [0.29, 0.717) is 6.54 Å². The molecule has 2 unspecified atom stereocenters. The molecule has 26 heavy (non-hydrogen) atoms. The van der Waals surface area contributed by atoms with Gasteiger partial charge in [-0.3, -0.25) is 4.79 Å². The second-order valence-electron chi connectivity index (χ2n) is 8.62. The summed E-state index contributed by atoms with van der Waals surface area (Å²) in [7, 11) is 1.87. The summed E-state index contributed by atoms with van der Waals surface area (Å²) in [4.78, 5) is 14.9. The van der Waals surface area contributed by atoms with Crippen LogP contribution in [-0.2, 0) is 29.0 Å². The summed E-state index contributed by atoms with van der Waals surface area (Å²) >= 11 is 0. The zero-order valence-electron chi connectivity index (χ0n) is 16.2. The van der Waals surface area contributed by atoms with E-state index in [1.54, 1.807) is 4.90 Å². The standard InChI is InChI=1S/C19H31N5O2/c1-13(2)17(20-14-10-19(26-12-14)7-5-8-19)18(25)23(3)11-16-22-21-15-6-4-9-24(15)16/h13-14,17,20H,4-12H2,1-3H3. The Hall–Kier alpha value is -1.47. The number of ether oxygens (including phenoxy) is 1. The minimum atomic E-state index is -0.190. The van der Waals surface area contributed by atoms with E-state index in [1.165, 1.54) is 19.3 Å². The molecule has 1 aromatic heterocycles. The van der Waals surface area contributed by atoms with Gasteiger partial charge in [-0.15, -0.1) is 10.2 Å². The van der Waals surface area contributed by atoms with Crippen molar-refractivity contribution in [1.82, 2.24) is 25.0 Å².